The van der Waals surface area contributed by atoms with Gasteiger partial charge in [-0.3, -0.25) is 9.69 Å². The molecule has 3 heterocycles. The number of piperidine rings is 1. The maximum atomic E-state index is 12.4. The van der Waals surface area contributed by atoms with Crippen LogP contribution in [0, 0.1) is 34.5 Å². The molecule has 6 aliphatic rings. The number of rotatable bonds is 0. The average molecular weight is 341 g/mol. The molecule has 0 aromatic rings. The Balaban J connectivity index is 1.61. The predicted octanol–water partition coefficient (Wildman–Crippen LogP) is 3.79. The molecule has 0 aromatic carbocycles. The van der Waals surface area contributed by atoms with Gasteiger partial charge in [-0.05, 0) is 68.6 Å². The molecule has 0 unspecified atom stereocenters. The lowest BCUT2D eigenvalue weighted by Gasteiger charge is -2.67. The maximum Gasteiger partial charge on any atom is 0.305 e. The highest BCUT2D eigenvalue weighted by Gasteiger charge is 2.73. The van der Waals surface area contributed by atoms with Crippen LogP contribution < -0.4 is 0 Å². The van der Waals surface area contributed by atoms with Crippen molar-refractivity contribution in [1.29, 1.82) is 0 Å². The van der Waals surface area contributed by atoms with E-state index in [1.165, 1.54) is 51.6 Å². The lowest BCUT2D eigenvalue weighted by molar-refractivity contribution is -0.204. The van der Waals surface area contributed by atoms with Crippen molar-refractivity contribution in [2.75, 3.05) is 19.7 Å². The second-order valence-corrected chi connectivity index (χ2v) is 10.1. The third kappa shape index (κ3) is 1.66. The summed E-state index contributed by atoms with van der Waals surface area (Å²) in [7, 11) is 0. The largest absolute Gasteiger partial charge is 0.465 e. The van der Waals surface area contributed by atoms with Crippen LogP contribution >= 0.6 is 0 Å². The summed E-state index contributed by atoms with van der Waals surface area (Å²) in [5.74, 6) is 3.21. The molecule has 3 nitrogen and oxygen atoms in total. The number of carbonyl (C=O) groups is 1. The van der Waals surface area contributed by atoms with Crippen LogP contribution in [-0.2, 0) is 9.53 Å². The molecule has 7 atom stereocenters. The molecule has 3 aliphatic heterocycles. The number of nitrogens with zero attached hydrogens (tertiary/aromatic N) is 1. The standard InChI is InChI=1S/C22H31NO2/c1-14-11-23-12-16-6-5-15-3-2-4-18(15)22-10-8-19(24)25-13-21(16,22)9-7-17(14)20(22)23/h3,14,16-18,20H,2,4-13H2,1H3/t14-,16+,17+,18+,20+,21+,22-/m0/s1. The van der Waals surface area contributed by atoms with Crippen LogP contribution in [0.25, 0.3) is 0 Å². The van der Waals surface area contributed by atoms with Crippen LogP contribution in [-0.4, -0.2) is 36.6 Å². The Kier molecular flexibility index (Phi) is 2.99. The van der Waals surface area contributed by atoms with E-state index in [1.54, 1.807) is 5.57 Å². The van der Waals surface area contributed by atoms with Crippen molar-refractivity contribution in [1.82, 2.24) is 4.90 Å². The minimum absolute atomic E-state index is 0.0760. The fourth-order valence-corrected chi connectivity index (χ4v) is 8.91. The van der Waals surface area contributed by atoms with E-state index in [-0.39, 0.29) is 11.4 Å². The first-order chi connectivity index (χ1) is 12.2. The van der Waals surface area contributed by atoms with E-state index >= 15 is 0 Å². The van der Waals surface area contributed by atoms with Crippen molar-refractivity contribution in [3.63, 3.8) is 0 Å². The summed E-state index contributed by atoms with van der Waals surface area (Å²) in [6.45, 7) is 5.79. The minimum Gasteiger partial charge on any atom is -0.465 e. The monoisotopic (exact) mass is 341 g/mol. The molecular formula is C22H31NO2. The Hall–Kier alpha value is -0.830. The number of carbonyl (C=O) groups excluding carboxylic acids is 1. The molecule has 0 spiro atoms. The topological polar surface area (TPSA) is 29.5 Å². The summed E-state index contributed by atoms with van der Waals surface area (Å²) in [5.41, 5.74) is 2.35. The van der Waals surface area contributed by atoms with Crippen LogP contribution in [0.5, 0.6) is 0 Å². The van der Waals surface area contributed by atoms with Crippen molar-refractivity contribution in [2.45, 2.75) is 64.3 Å². The molecule has 2 saturated carbocycles. The van der Waals surface area contributed by atoms with E-state index in [2.05, 4.69) is 17.9 Å². The Labute approximate surface area is 151 Å². The predicted molar refractivity (Wildman–Crippen MR) is 95.8 cm³/mol. The number of esters is 1. The summed E-state index contributed by atoms with van der Waals surface area (Å²) in [4.78, 5) is 15.3. The van der Waals surface area contributed by atoms with Gasteiger partial charge in [-0.1, -0.05) is 18.6 Å². The maximum absolute atomic E-state index is 12.4. The molecular weight excluding hydrogens is 310 g/mol. The van der Waals surface area contributed by atoms with E-state index in [9.17, 15) is 4.79 Å². The third-order valence-corrected chi connectivity index (χ3v) is 9.61. The second kappa shape index (κ2) is 4.91. The van der Waals surface area contributed by atoms with Gasteiger partial charge in [0.1, 0.15) is 0 Å². The molecule has 5 fully saturated rings. The van der Waals surface area contributed by atoms with E-state index in [0.29, 0.717) is 17.9 Å². The highest BCUT2D eigenvalue weighted by atomic mass is 16.5. The normalized spacial score (nSPS) is 54.0. The molecule has 3 heteroatoms. The lowest BCUT2D eigenvalue weighted by Crippen LogP contribution is -2.70. The Morgan fingerprint density at radius 3 is 3.00 bits per heavy atom. The number of allylic oxidation sites excluding steroid dienone is 2. The van der Waals surface area contributed by atoms with Gasteiger partial charge < -0.3 is 4.74 Å². The van der Waals surface area contributed by atoms with Gasteiger partial charge in [-0.15, -0.1) is 0 Å². The fourth-order valence-electron chi connectivity index (χ4n) is 8.91. The zero-order chi connectivity index (χ0) is 16.8. The van der Waals surface area contributed by atoms with Crippen molar-refractivity contribution in [2.24, 2.45) is 34.5 Å². The summed E-state index contributed by atoms with van der Waals surface area (Å²) < 4.78 is 5.92. The zero-order valence-electron chi connectivity index (χ0n) is 15.5. The SMILES string of the molecule is C[C@H]1CN2C[C@H]3CCC4=CCC[C@H]4[C@]45CCC(=O)OC[C@]34CC[C@H]1[C@@H]25. The van der Waals surface area contributed by atoms with Gasteiger partial charge in [0.2, 0.25) is 0 Å². The van der Waals surface area contributed by atoms with Gasteiger partial charge in [-0.25, -0.2) is 0 Å². The lowest BCUT2D eigenvalue weighted by atomic mass is 9.41. The third-order valence-electron chi connectivity index (χ3n) is 9.61. The van der Waals surface area contributed by atoms with Gasteiger partial charge in [-0.2, -0.15) is 0 Å². The molecule has 3 saturated heterocycles. The van der Waals surface area contributed by atoms with Gasteiger partial charge in [0.05, 0.1) is 6.61 Å². The number of hydrogen-bond acceptors (Lipinski definition) is 3. The summed E-state index contributed by atoms with van der Waals surface area (Å²) in [6, 6.07) is 0.714. The van der Waals surface area contributed by atoms with Crippen LogP contribution in [0.3, 0.4) is 0 Å². The first-order valence-corrected chi connectivity index (χ1v) is 10.7. The Morgan fingerprint density at radius 2 is 2.08 bits per heavy atom. The zero-order valence-corrected chi connectivity index (χ0v) is 15.5. The fraction of sp³-hybridized carbons (Fsp3) is 0.864. The molecule has 0 radical (unpaired) electrons. The van der Waals surface area contributed by atoms with Crippen LogP contribution in [0.15, 0.2) is 11.6 Å². The van der Waals surface area contributed by atoms with Gasteiger partial charge in [0.15, 0.2) is 0 Å². The molecule has 0 amide bonds. The minimum atomic E-state index is 0.0760. The van der Waals surface area contributed by atoms with Gasteiger partial charge >= 0.3 is 5.97 Å². The quantitative estimate of drug-likeness (QED) is 0.496. The molecule has 6 rings (SSSR count). The number of fused-ring (bicyclic) bond motifs is 1. The molecule has 3 aliphatic carbocycles. The van der Waals surface area contributed by atoms with E-state index in [4.69, 9.17) is 4.74 Å². The molecule has 0 aromatic heterocycles. The van der Waals surface area contributed by atoms with Crippen molar-refractivity contribution >= 4 is 5.97 Å². The average Bonchev–Trinajstić information content (AvgIpc) is 3.14. The summed E-state index contributed by atoms with van der Waals surface area (Å²) >= 11 is 0. The van der Waals surface area contributed by atoms with Gasteiger partial charge in [0, 0.05) is 36.4 Å². The summed E-state index contributed by atoms with van der Waals surface area (Å²) in [6.07, 6.45) is 12.2. The molecule has 136 valence electrons. The van der Waals surface area contributed by atoms with E-state index in [1.807, 2.05) is 0 Å². The van der Waals surface area contributed by atoms with Crippen molar-refractivity contribution < 1.29 is 9.53 Å². The number of hydrogen-bond donors (Lipinski definition) is 0. The van der Waals surface area contributed by atoms with Crippen LogP contribution in [0.1, 0.15) is 58.3 Å². The number of ether oxygens (including phenoxy) is 1. The van der Waals surface area contributed by atoms with Crippen LogP contribution in [0.2, 0.25) is 0 Å². The van der Waals surface area contributed by atoms with Crippen molar-refractivity contribution in [3.8, 4) is 0 Å². The van der Waals surface area contributed by atoms with E-state index in [0.717, 1.165) is 36.7 Å². The Morgan fingerprint density at radius 1 is 1.16 bits per heavy atom. The first-order valence-electron chi connectivity index (χ1n) is 10.7. The molecule has 4 bridgehead atoms. The second-order valence-electron chi connectivity index (χ2n) is 10.1. The van der Waals surface area contributed by atoms with Gasteiger partial charge in [0.25, 0.3) is 0 Å². The highest BCUT2D eigenvalue weighted by Crippen LogP contribution is 2.73. The smallest absolute Gasteiger partial charge is 0.305 e. The van der Waals surface area contributed by atoms with E-state index < -0.39 is 0 Å². The van der Waals surface area contributed by atoms with Crippen molar-refractivity contribution in [3.05, 3.63) is 11.6 Å². The van der Waals surface area contributed by atoms with Crippen LogP contribution in [0.4, 0.5) is 0 Å². The molecule has 25 heavy (non-hydrogen) atoms. The summed E-state index contributed by atoms with van der Waals surface area (Å²) in [5, 5.41) is 0. The highest BCUT2D eigenvalue weighted by molar-refractivity contribution is 5.70. The Bertz CT molecular complexity index is 656. The first kappa shape index (κ1) is 15.2. The molecule has 0 N–H and O–H groups in total. The number of cyclic esters (lactones) is 1.